The molecule has 1 unspecified atom stereocenters. The molecule has 1 aromatic heterocycles. The Hall–Kier alpha value is -1.50. The zero-order valence-electron chi connectivity index (χ0n) is 17.5. The molecule has 0 amide bonds. The van der Waals surface area contributed by atoms with E-state index >= 15 is 0 Å². The lowest BCUT2D eigenvalue weighted by molar-refractivity contribution is -0.140. The van der Waals surface area contributed by atoms with E-state index in [1.54, 1.807) is 0 Å². The molecule has 2 rings (SSSR count). The zero-order chi connectivity index (χ0) is 22.1. The summed E-state index contributed by atoms with van der Waals surface area (Å²) in [6, 6.07) is 0.961. The number of nitrogens with zero attached hydrogens (tertiary/aromatic N) is 3. The number of pyridine rings is 1. The van der Waals surface area contributed by atoms with Gasteiger partial charge in [-0.05, 0) is 32.3 Å². The van der Waals surface area contributed by atoms with E-state index in [4.69, 9.17) is 11.6 Å². The first-order chi connectivity index (χ1) is 14.2. The number of nitrogens with one attached hydrogen (secondary N) is 2. The third-order valence-electron chi connectivity index (χ3n) is 4.61. The fraction of sp³-hybridized carbons (Fsp3) is 0.632. The van der Waals surface area contributed by atoms with Crippen LogP contribution in [0.25, 0.3) is 0 Å². The predicted molar refractivity (Wildman–Crippen MR) is 125 cm³/mol. The average Bonchev–Trinajstić information content (AvgIpc) is 3.14. The molecule has 176 valence electrons. The lowest BCUT2D eigenvalue weighted by Crippen LogP contribution is -2.44. The fourth-order valence-electron chi connectivity index (χ4n) is 3.08. The van der Waals surface area contributed by atoms with Gasteiger partial charge in [0.15, 0.2) is 5.96 Å². The SMILES string of the molecule is CCNC(=NCCCCC(=O)OC)NC1CCN(c2ncc(C(F)(F)F)cc2Cl)C1.I. The minimum Gasteiger partial charge on any atom is -0.469 e. The van der Waals surface area contributed by atoms with Crippen molar-refractivity contribution in [3.63, 3.8) is 0 Å². The van der Waals surface area contributed by atoms with E-state index in [2.05, 4.69) is 25.3 Å². The van der Waals surface area contributed by atoms with E-state index in [1.165, 1.54) is 7.11 Å². The van der Waals surface area contributed by atoms with Crippen LogP contribution in [0.1, 0.15) is 38.2 Å². The van der Waals surface area contributed by atoms with Crippen LogP contribution < -0.4 is 15.5 Å². The maximum Gasteiger partial charge on any atom is 0.417 e. The van der Waals surface area contributed by atoms with Gasteiger partial charge in [-0.1, -0.05) is 11.6 Å². The maximum atomic E-state index is 12.8. The normalized spacial score (nSPS) is 16.6. The van der Waals surface area contributed by atoms with E-state index < -0.39 is 11.7 Å². The second-order valence-electron chi connectivity index (χ2n) is 6.90. The summed E-state index contributed by atoms with van der Waals surface area (Å²) < 4.78 is 43.0. The summed E-state index contributed by atoms with van der Waals surface area (Å²) in [5.74, 6) is 0.776. The first-order valence-corrected chi connectivity index (χ1v) is 10.2. The number of unbranched alkanes of at least 4 members (excludes halogenated alkanes) is 1. The van der Waals surface area contributed by atoms with Crippen molar-refractivity contribution in [3.05, 3.63) is 22.8 Å². The van der Waals surface area contributed by atoms with Crippen molar-refractivity contribution in [1.29, 1.82) is 0 Å². The fourth-order valence-corrected chi connectivity index (χ4v) is 3.36. The first kappa shape index (κ1) is 27.5. The van der Waals surface area contributed by atoms with Gasteiger partial charge in [-0.2, -0.15) is 13.2 Å². The van der Waals surface area contributed by atoms with Crippen molar-refractivity contribution < 1.29 is 22.7 Å². The number of aliphatic imine (C=N–C) groups is 1. The second-order valence-corrected chi connectivity index (χ2v) is 7.30. The lowest BCUT2D eigenvalue weighted by Gasteiger charge is -2.21. The Morgan fingerprint density at radius 3 is 2.77 bits per heavy atom. The average molecular weight is 578 g/mol. The molecule has 7 nitrogen and oxygen atoms in total. The van der Waals surface area contributed by atoms with Crippen molar-refractivity contribution in [2.75, 3.05) is 38.2 Å². The Morgan fingerprint density at radius 1 is 1.42 bits per heavy atom. The first-order valence-electron chi connectivity index (χ1n) is 9.84. The van der Waals surface area contributed by atoms with Gasteiger partial charge in [-0.25, -0.2) is 4.98 Å². The number of esters is 1. The van der Waals surface area contributed by atoms with Crippen LogP contribution in [0.4, 0.5) is 19.0 Å². The number of hydrogen-bond donors (Lipinski definition) is 2. The largest absolute Gasteiger partial charge is 0.469 e. The molecule has 0 saturated carbocycles. The van der Waals surface area contributed by atoms with Gasteiger partial charge in [-0.15, -0.1) is 24.0 Å². The van der Waals surface area contributed by atoms with Gasteiger partial charge in [-0.3, -0.25) is 9.79 Å². The van der Waals surface area contributed by atoms with E-state index in [1.807, 2.05) is 11.8 Å². The summed E-state index contributed by atoms with van der Waals surface area (Å²) in [6.07, 6.45) is -1.07. The molecular formula is C19H28ClF3IN5O2. The van der Waals surface area contributed by atoms with E-state index in [0.29, 0.717) is 50.8 Å². The molecule has 1 saturated heterocycles. The highest BCUT2D eigenvalue weighted by Gasteiger charge is 2.33. The molecule has 0 bridgehead atoms. The highest BCUT2D eigenvalue weighted by Crippen LogP contribution is 2.34. The molecule has 1 aliphatic heterocycles. The standard InChI is InChI=1S/C19H27ClF3N5O2.HI/c1-3-24-18(25-8-5-4-6-16(29)30-2)27-14-7-9-28(12-14)17-15(20)10-13(11-26-17)19(21,22)23;/h10-11,14H,3-9,12H2,1-2H3,(H2,24,25,27);1H. The number of anilines is 1. The number of aromatic nitrogens is 1. The number of hydrogen-bond acceptors (Lipinski definition) is 5. The minimum absolute atomic E-state index is 0. The summed E-state index contributed by atoms with van der Waals surface area (Å²) >= 11 is 6.06. The van der Waals surface area contributed by atoms with E-state index in [9.17, 15) is 18.0 Å². The Morgan fingerprint density at radius 2 is 2.16 bits per heavy atom. The molecule has 1 atom stereocenters. The third-order valence-corrected chi connectivity index (χ3v) is 4.89. The molecule has 1 aliphatic rings. The quantitative estimate of drug-likeness (QED) is 0.161. The topological polar surface area (TPSA) is 78.8 Å². The molecule has 0 aromatic carbocycles. The van der Waals surface area contributed by atoms with Crippen LogP contribution in [0.15, 0.2) is 17.3 Å². The van der Waals surface area contributed by atoms with Crippen LogP contribution in [-0.4, -0.2) is 56.2 Å². The maximum absolute atomic E-state index is 12.8. The van der Waals surface area contributed by atoms with Gasteiger partial charge in [0.25, 0.3) is 0 Å². The molecule has 1 fully saturated rings. The third kappa shape index (κ3) is 8.87. The Kier molecular flexibility index (Phi) is 11.7. The predicted octanol–water partition coefficient (Wildman–Crippen LogP) is 3.85. The molecule has 1 aromatic rings. The zero-order valence-corrected chi connectivity index (χ0v) is 20.6. The smallest absolute Gasteiger partial charge is 0.417 e. The second kappa shape index (κ2) is 13.1. The number of methoxy groups -OCH3 is 1. The van der Waals surface area contributed by atoms with Gasteiger partial charge >= 0.3 is 12.1 Å². The molecule has 0 spiro atoms. The van der Waals surface area contributed by atoms with Crippen LogP contribution in [0.5, 0.6) is 0 Å². The van der Waals surface area contributed by atoms with Gasteiger partial charge in [0.2, 0.25) is 0 Å². The summed E-state index contributed by atoms with van der Waals surface area (Å²) in [5.41, 5.74) is -0.862. The van der Waals surface area contributed by atoms with Crippen molar-refractivity contribution >= 4 is 53.3 Å². The highest BCUT2D eigenvalue weighted by atomic mass is 127. The number of alkyl halides is 3. The summed E-state index contributed by atoms with van der Waals surface area (Å²) in [7, 11) is 1.37. The van der Waals surface area contributed by atoms with Gasteiger partial charge < -0.3 is 20.3 Å². The van der Waals surface area contributed by atoms with Crippen LogP contribution in [0.3, 0.4) is 0 Å². The number of rotatable bonds is 8. The molecule has 2 N–H and O–H groups in total. The Labute approximate surface area is 202 Å². The van der Waals surface area contributed by atoms with Gasteiger partial charge in [0.05, 0.1) is 17.7 Å². The molecule has 0 aliphatic carbocycles. The van der Waals surface area contributed by atoms with Crippen molar-refractivity contribution in [3.8, 4) is 0 Å². The molecule has 31 heavy (non-hydrogen) atoms. The van der Waals surface area contributed by atoms with Crippen molar-refractivity contribution in [1.82, 2.24) is 15.6 Å². The summed E-state index contributed by atoms with van der Waals surface area (Å²) in [4.78, 5) is 21.4. The van der Waals surface area contributed by atoms with E-state index in [0.717, 1.165) is 25.1 Å². The lowest BCUT2D eigenvalue weighted by atomic mass is 10.2. The van der Waals surface area contributed by atoms with Gasteiger partial charge in [0.1, 0.15) is 5.82 Å². The molecule has 12 heteroatoms. The Bertz CT molecular complexity index is 752. The number of carbonyl (C=O) groups excluding carboxylic acids is 1. The Balaban J connectivity index is 0.00000480. The highest BCUT2D eigenvalue weighted by molar-refractivity contribution is 14.0. The van der Waals surface area contributed by atoms with Crippen molar-refractivity contribution in [2.45, 2.75) is 44.8 Å². The molecular weight excluding hydrogens is 550 g/mol. The molecule has 0 radical (unpaired) electrons. The van der Waals surface area contributed by atoms with Gasteiger partial charge in [0, 0.05) is 44.8 Å². The van der Waals surface area contributed by atoms with Crippen LogP contribution >= 0.6 is 35.6 Å². The number of ether oxygens (including phenoxy) is 1. The number of carbonyl (C=O) groups is 1. The minimum atomic E-state index is -4.47. The van der Waals surface area contributed by atoms with Crippen LogP contribution in [0, 0.1) is 0 Å². The summed E-state index contributed by atoms with van der Waals surface area (Å²) in [6.45, 7) is 4.38. The molecule has 2 heterocycles. The van der Waals surface area contributed by atoms with Crippen molar-refractivity contribution in [2.24, 2.45) is 4.99 Å². The van der Waals surface area contributed by atoms with Crippen LogP contribution in [0.2, 0.25) is 5.02 Å². The number of halogens is 5. The van der Waals surface area contributed by atoms with Crippen LogP contribution in [-0.2, 0) is 15.7 Å². The number of guanidine groups is 1. The summed E-state index contributed by atoms with van der Waals surface area (Å²) in [5, 5.41) is 6.49. The van der Waals surface area contributed by atoms with E-state index in [-0.39, 0.29) is 41.0 Å². The monoisotopic (exact) mass is 577 g/mol.